The third kappa shape index (κ3) is 10.9. The number of nitrogens with one attached hydrogen (secondary N) is 1. The van der Waals surface area contributed by atoms with Crippen LogP contribution in [0.5, 0.6) is 0 Å². The fraction of sp³-hybridized carbons (Fsp3) is 1.00. The maximum atomic E-state index is 11.6. The molecule has 1 atom stereocenters. The first kappa shape index (κ1) is 17.8. The predicted molar refractivity (Wildman–Crippen MR) is 72.1 cm³/mol. The van der Waals surface area contributed by atoms with Crippen molar-refractivity contribution in [2.75, 3.05) is 30.1 Å². The molecule has 0 radical (unpaired) electrons. The van der Waals surface area contributed by atoms with Crippen LogP contribution in [0.25, 0.3) is 0 Å². The Balaban J connectivity index is 4.25. The van der Waals surface area contributed by atoms with Crippen molar-refractivity contribution in [1.29, 1.82) is 0 Å². The minimum absolute atomic E-state index is 0.154. The molecule has 0 saturated heterocycles. The van der Waals surface area contributed by atoms with Crippen molar-refractivity contribution in [2.45, 2.75) is 32.4 Å². The zero-order valence-corrected chi connectivity index (χ0v) is 12.9. The molecule has 0 heterocycles. The van der Waals surface area contributed by atoms with Gasteiger partial charge in [0.05, 0.1) is 23.4 Å². The van der Waals surface area contributed by atoms with E-state index in [1.54, 1.807) is 0 Å². The van der Waals surface area contributed by atoms with Crippen LogP contribution >= 0.6 is 0 Å². The lowest BCUT2D eigenvalue weighted by Gasteiger charge is -2.22. The summed E-state index contributed by atoms with van der Waals surface area (Å²) in [6.45, 7) is 5.86. The average Bonchev–Trinajstić information content (AvgIpc) is 2.09. The normalized spacial score (nSPS) is 15.6. The first-order valence-electron chi connectivity index (χ1n) is 5.62. The lowest BCUT2D eigenvalue weighted by Crippen LogP contribution is -2.43. The highest BCUT2D eigenvalue weighted by atomic mass is 32.2. The molecule has 0 aromatic carbocycles. The Kier molecular flexibility index (Phi) is 6.25. The Bertz CT molecular complexity index is 447. The Hall–Kier alpha value is -0.180. The van der Waals surface area contributed by atoms with Crippen molar-refractivity contribution in [2.24, 2.45) is 0 Å². The van der Waals surface area contributed by atoms with E-state index in [0.717, 1.165) is 6.26 Å². The molecule has 0 bridgehead atoms. The second-order valence-electron chi connectivity index (χ2n) is 5.53. The van der Waals surface area contributed by atoms with E-state index < -0.39 is 43.0 Å². The highest BCUT2D eigenvalue weighted by Crippen LogP contribution is 2.01. The van der Waals surface area contributed by atoms with Gasteiger partial charge in [0.25, 0.3) is 0 Å². The van der Waals surface area contributed by atoms with Crippen molar-refractivity contribution >= 4 is 19.7 Å². The number of rotatable bonds is 7. The number of aliphatic hydroxyl groups excluding tert-OH is 1. The van der Waals surface area contributed by atoms with Crippen LogP contribution in [0.4, 0.5) is 0 Å². The average molecular weight is 301 g/mol. The van der Waals surface area contributed by atoms with E-state index in [1.165, 1.54) is 0 Å². The summed E-state index contributed by atoms with van der Waals surface area (Å²) in [4.78, 5) is 0. The van der Waals surface area contributed by atoms with E-state index in [-0.39, 0.29) is 12.1 Å². The van der Waals surface area contributed by atoms with Gasteiger partial charge in [0.2, 0.25) is 0 Å². The molecule has 18 heavy (non-hydrogen) atoms. The highest BCUT2D eigenvalue weighted by molar-refractivity contribution is 7.94. The van der Waals surface area contributed by atoms with Crippen molar-refractivity contribution in [3.8, 4) is 0 Å². The lowest BCUT2D eigenvalue weighted by atomic mass is 10.1. The topological polar surface area (TPSA) is 101 Å². The van der Waals surface area contributed by atoms with E-state index >= 15 is 0 Å². The van der Waals surface area contributed by atoms with Gasteiger partial charge in [0.1, 0.15) is 9.84 Å². The molecule has 0 rings (SSSR count). The Morgan fingerprint density at radius 3 is 2.00 bits per heavy atom. The van der Waals surface area contributed by atoms with E-state index in [1.807, 2.05) is 20.8 Å². The quantitative estimate of drug-likeness (QED) is 0.638. The Morgan fingerprint density at radius 1 is 1.11 bits per heavy atom. The van der Waals surface area contributed by atoms with Crippen molar-refractivity contribution < 1.29 is 21.9 Å². The minimum Gasteiger partial charge on any atom is -0.391 e. The minimum atomic E-state index is -3.55. The van der Waals surface area contributed by atoms with Gasteiger partial charge >= 0.3 is 0 Å². The van der Waals surface area contributed by atoms with Gasteiger partial charge in [0.15, 0.2) is 9.84 Å². The first-order valence-corrected chi connectivity index (χ1v) is 9.50. The molecule has 6 nitrogen and oxygen atoms in total. The molecule has 0 amide bonds. The standard InChI is InChI=1S/C10H23NO5S2/c1-10(2,3)11-7-9(12)8-18(15,16)6-5-17(4,13)14/h9,11-12H,5-8H2,1-4H3. The summed E-state index contributed by atoms with van der Waals surface area (Å²) in [7, 11) is -6.86. The fourth-order valence-electron chi connectivity index (χ4n) is 1.14. The summed E-state index contributed by atoms with van der Waals surface area (Å²) in [6.07, 6.45) is -0.0473. The van der Waals surface area contributed by atoms with Crippen LogP contribution in [-0.2, 0) is 19.7 Å². The highest BCUT2D eigenvalue weighted by Gasteiger charge is 2.20. The Morgan fingerprint density at radius 2 is 1.61 bits per heavy atom. The van der Waals surface area contributed by atoms with Crippen LogP contribution in [-0.4, -0.2) is 63.6 Å². The lowest BCUT2D eigenvalue weighted by molar-refractivity contribution is 0.181. The molecule has 0 aromatic heterocycles. The molecule has 0 fully saturated rings. The summed E-state index contributed by atoms with van der Waals surface area (Å²) >= 11 is 0. The summed E-state index contributed by atoms with van der Waals surface area (Å²) < 4.78 is 44.9. The molecule has 0 aliphatic rings. The van der Waals surface area contributed by atoms with Crippen LogP contribution < -0.4 is 5.32 Å². The van der Waals surface area contributed by atoms with Crippen molar-refractivity contribution in [1.82, 2.24) is 5.32 Å². The molecule has 110 valence electrons. The van der Waals surface area contributed by atoms with Crippen LogP contribution in [0.2, 0.25) is 0 Å². The van der Waals surface area contributed by atoms with E-state index in [0.29, 0.717) is 0 Å². The maximum absolute atomic E-state index is 11.6. The van der Waals surface area contributed by atoms with Crippen LogP contribution in [0, 0.1) is 0 Å². The van der Waals surface area contributed by atoms with Crippen LogP contribution in [0.3, 0.4) is 0 Å². The smallest absolute Gasteiger partial charge is 0.153 e. The molecule has 2 N–H and O–H groups in total. The summed E-state index contributed by atoms with van der Waals surface area (Å²) in [5.74, 6) is -1.28. The van der Waals surface area contributed by atoms with Gasteiger partial charge in [0, 0.05) is 18.3 Å². The molecule has 0 aromatic rings. The molecule has 0 aliphatic heterocycles. The summed E-state index contributed by atoms with van der Waals surface area (Å²) in [5, 5.41) is 12.6. The number of hydrogen-bond donors (Lipinski definition) is 2. The summed E-state index contributed by atoms with van der Waals surface area (Å²) in [6, 6.07) is 0. The zero-order chi connectivity index (χ0) is 14.6. The number of aliphatic hydroxyl groups is 1. The predicted octanol–water partition coefficient (Wildman–Crippen LogP) is -0.805. The molecule has 0 aliphatic carbocycles. The molecular weight excluding hydrogens is 278 g/mol. The monoisotopic (exact) mass is 301 g/mol. The van der Waals surface area contributed by atoms with Gasteiger partial charge in [-0.2, -0.15) is 0 Å². The summed E-state index contributed by atoms with van der Waals surface area (Å²) in [5.41, 5.74) is -0.211. The van der Waals surface area contributed by atoms with E-state index in [4.69, 9.17) is 0 Å². The van der Waals surface area contributed by atoms with Crippen molar-refractivity contribution in [3.63, 3.8) is 0 Å². The van der Waals surface area contributed by atoms with Crippen LogP contribution in [0.1, 0.15) is 20.8 Å². The third-order valence-electron chi connectivity index (χ3n) is 2.08. The molecule has 0 saturated carbocycles. The van der Waals surface area contributed by atoms with Crippen LogP contribution in [0.15, 0.2) is 0 Å². The molecular formula is C10H23NO5S2. The van der Waals surface area contributed by atoms with Gasteiger partial charge in [-0.25, -0.2) is 16.8 Å². The van der Waals surface area contributed by atoms with Gasteiger partial charge in [-0.05, 0) is 20.8 Å². The fourth-order valence-corrected chi connectivity index (χ4v) is 4.24. The number of hydrogen-bond acceptors (Lipinski definition) is 6. The second kappa shape index (κ2) is 6.31. The molecule has 8 heteroatoms. The van der Waals surface area contributed by atoms with Gasteiger partial charge < -0.3 is 10.4 Å². The van der Waals surface area contributed by atoms with E-state index in [9.17, 15) is 21.9 Å². The SMILES string of the molecule is CC(C)(C)NCC(O)CS(=O)(=O)CCS(C)(=O)=O. The number of sulfone groups is 2. The van der Waals surface area contributed by atoms with Gasteiger partial charge in [-0.1, -0.05) is 0 Å². The molecule has 0 spiro atoms. The first-order chi connectivity index (χ1) is 7.81. The van der Waals surface area contributed by atoms with Crippen molar-refractivity contribution in [3.05, 3.63) is 0 Å². The molecule has 1 unspecified atom stereocenters. The maximum Gasteiger partial charge on any atom is 0.153 e. The van der Waals surface area contributed by atoms with E-state index in [2.05, 4.69) is 5.32 Å². The largest absolute Gasteiger partial charge is 0.391 e. The second-order valence-corrected chi connectivity index (χ2v) is 10.0. The third-order valence-corrected chi connectivity index (χ3v) is 5.00. The van der Waals surface area contributed by atoms with Gasteiger partial charge in [-0.15, -0.1) is 0 Å². The Labute approximate surface area is 110 Å². The van der Waals surface area contributed by atoms with Gasteiger partial charge in [-0.3, -0.25) is 0 Å². The number of β-amino-alcohol motifs (C(OH)–C–C–N with tert-alkyl or cyclic N) is 1. The zero-order valence-electron chi connectivity index (χ0n) is 11.3.